The molecule has 0 unspecified atom stereocenters. The van der Waals surface area contributed by atoms with Crippen molar-refractivity contribution >= 4 is 49.7 Å². The lowest BCUT2D eigenvalue weighted by molar-refractivity contribution is 1.11. The second kappa shape index (κ2) is 7.82. The molecule has 0 spiro atoms. The third-order valence-corrected chi connectivity index (χ3v) is 7.54. The number of rotatable bonds is 2. The summed E-state index contributed by atoms with van der Waals surface area (Å²) in [6.45, 7) is 0. The summed E-state index contributed by atoms with van der Waals surface area (Å²) in [5.41, 5.74) is 9.73. The quantitative estimate of drug-likeness (QED) is 0.268. The Morgan fingerprint density at radius 3 is 2.33 bits per heavy atom. The van der Waals surface area contributed by atoms with Crippen molar-refractivity contribution in [2.45, 2.75) is 0 Å². The van der Waals surface area contributed by atoms with Crippen LogP contribution in [0.2, 0.25) is 0 Å². The Balaban J connectivity index is 1.54. The number of nitrogens with zero attached hydrogens (tertiary/aromatic N) is 5. The zero-order chi connectivity index (χ0) is 26.1. The Morgan fingerprint density at radius 1 is 0.667 bits per heavy atom. The Kier molecular flexibility index (Phi) is 4.26. The summed E-state index contributed by atoms with van der Waals surface area (Å²) < 4.78 is 4.44. The Bertz CT molecular complexity index is 2350. The molecule has 1 N–H and O–H groups in total. The lowest BCUT2D eigenvalue weighted by atomic mass is 9.96. The van der Waals surface area contributed by atoms with Gasteiger partial charge >= 0.3 is 0 Å². The predicted molar refractivity (Wildman–Crippen MR) is 154 cm³/mol. The number of imidazole rings is 2. The first-order valence-corrected chi connectivity index (χ1v) is 12.6. The molecule has 180 valence electrons. The molecule has 0 radical (unpaired) electrons. The van der Waals surface area contributed by atoms with Crippen molar-refractivity contribution < 1.29 is 0 Å². The van der Waals surface area contributed by atoms with Crippen LogP contribution in [0.25, 0.3) is 66.5 Å². The van der Waals surface area contributed by atoms with E-state index in [0.717, 1.165) is 66.5 Å². The highest BCUT2D eigenvalue weighted by atomic mass is 15.2. The molecular formula is C33H18N6. The third-order valence-electron chi connectivity index (χ3n) is 7.54. The summed E-state index contributed by atoms with van der Waals surface area (Å²) in [4.78, 5) is 8.78. The van der Waals surface area contributed by atoms with E-state index in [2.05, 4.69) is 62.5 Å². The van der Waals surface area contributed by atoms with E-state index in [1.54, 1.807) is 12.1 Å². The first kappa shape index (κ1) is 21.3. The van der Waals surface area contributed by atoms with Gasteiger partial charge < -0.3 is 4.98 Å². The van der Waals surface area contributed by atoms with Gasteiger partial charge in [-0.2, -0.15) is 10.5 Å². The summed E-state index contributed by atoms with van der Waals surface area (Å²) in [6.07, 6.45) is 0. The molecule has 3 heterocycles. The summed E-state index contributed by atoms with van der Waals surface area (Å²) in [6, 6.07) is 38.7. The molecule has 0 aliphatic rings. The normalized spacial score (nSPS) is 11.5. The van der Waals surface area contributed by atoms with Crippen molar-refractivity contribution in [1.29, 1.82) is 10.5 Å². The van der Waals surface area contributed by atoms with Gasteiger partial charge in [-0.25, -0.2) is 4.98 Å². The average Bonchev–Trinajstić information content (AvgIpc) is 3.65. The van der Waals surface area contributed by atoms with Crippen LogP contribution in [0.15, 0.2) is 103 Å². The lowest BCUT2D eigenvalue weighted by Crippen LogP contribution is -1.95. The minimum Gasteiger partial charge on any atom is -0.352 e. The van der Waals surface area contributed by atoms with Crippen LogP contribution in [0.5, 0.6) is 0 Å². The molecule has 3 aromatic heterocycles. The molecular weight excluding hydrogens is 480 g/mol. The van der Waals surface area contributed by atoms with Gasteiger partial charge in [0.1, 0.15) is 0 Å². The fourth-order valence-electron chi connectivity index (χ4n) is 5.86. The number of H-pyrrole nitrogens is 1. The van der Waals surface area contributed by atoms with Crippen LogP contribution in [0.3, 0.4) is 0 Å². The largest absolute Gasteiger partial charge is 0.352 e. The van der Waals surface area contributed by atoms with E-state index >= 15 is 0 Å². The van der Waals surface area contributed by atoms with E-state index in [9.17, 15) is 10.5 Å². The number of hydrogen-bond donors (Lipinski definition) is 1. The van der Waals surface area contributed by atoms with Gasteiger partial charge in [-0.05, 0) is 48.5 Å². The molecule has 8 rings (SSSR count). The van der Waals surface area contributed by atoms with Crippen LogP contribution < -0.4 is 0 Å². The highest BCUT2D eigenvalue weighted by molar-refractivity contribution is 6.19. The number of benzene rings is 5. The fraction of sp³-hybridized carbons (Fsp3) is 0. The first-order chi connectivity index (χ1) is 19.3. The molecule has 8 aromatic rings. The number of hydrogen-bond acceptors (Lipinski definition) is 3. The van der Waals surface area contributed by atoms with Crippen LogP contribution in [-0.2, 0) is 0 Å². The van der Waals surface area contributed by atoms with Crippen molar-refractivity contribution in [3.8, 4) is 29.0 Å². The Morgan fingerprint density at radius 2 is 1.49 bits per heavy atom. The summed E-state index contributed by atoms with van der Waals surface area (Å²) in [5, 5.41) is 21.4. The van der Waals surface area contributed by atoms with Crippen molar-refractivity contribution in [2.75, 3.05) is 0 Å². The van der Waals surface area contributed by atoms with E-state index in [1.165, 1.54) is 0 Å². The number of aromatic amines is 1. The maximum Gasteiger partial charge on any atom is 0.220 e. The van der Waals surface area contributed by atoms with E-state index in [-0.39, 0.29) is 0 Å². The average molecular weight is 499 g/mol. The van der Waals surface area contributed by atoms with Gasteiger partial charge in [0.05, 0.1) is 56.4 Å². The molecule has 0 aliphatic heterocycles. The minimum atomic E-state index is 0.470. The third kappa shape index (κ3) is 2.86. The van der Waals surface area contributed by atoms with E-state index in [4.69, 9.17) is 4.98 Å². The molecule has 0 aliphatic carbocycles. The monoisotopic (exact) mass is 498 g/mol. The zero-order valence-electron chi connectivity index (χ0n) is 20.6. The molecule has 0 saturated carbocycles. The van der Waals surface area contributed by atoms with Gasteiger partial charge in [0, 0.05) is 27.6 Å². The number of nitrogens with one attached hydrogen (secondary N) is 1. The SMILES string of the molecule is N#Cc1ccc(-c2cccc3c2[nH]c2c3ccc3c2n(-c2ccccc2)c2nc4ccccc4n32)c(C#N)c1. The predicted octanol–water partition coefficient (Wildman–Crippen LogP) is 7.48. The second-order valence-electron chi connectivity index (χ2n) is 9.60. The topological polar surface area (TPSA) is 85.6 Å². The standard InChI is InChI=1S/C33H18N6/c34-18-20-13-14-23(21(17-20)19-35)24-9-6-10-25-26-15-16-29-32(31(26)37-30(24)25)38(22-7-2-1-3-8-22)33-36-27-11-4-5-12-28(27)39(29)33/h1-17,37H. The van der Waals surface area contributed by atoms with Gasteiger partial charge in [0.2, 0.25) is 5.78 Å². The maximum absolute atomic E-state index is 9.88. The Hall–Kier alpha value is -5.85. The summed E-state index contributed by atoms with van der Waals surface area (Å²) >= 11 is 0. The minimum absolute atomic E-state index is 0.470. The smallest absolute Gasteiger partial charge is 0.220 e. The molecule has 0 fully saturated rings. The van der Waals surface area contributed by atoms with E-state index in [0.29, 0.717) is 11.1 Å². The summed E-state index contributed by atoms with van der Waals surface area (Å²) in [5.74, 6) is 0.850. The molecule has 0 bridgehead atoms. The number of aromatic nitrogens is 4. The van der Waals surface area contributed by atoms with Crippen molar-refractivity contribution in [3.05, 3.63) is 114 Å². The second-order valence-corrected chi connectivity index (χ2v) is 9.60. The fourth-order valence-corrected chi connectivity index (χ4v) is 5.86. The van der Waals surface area contributed by atoms with Crippen LogP contribution in [0.4, 0.5) is 0 Å². The molecule has 0 atom stereocenters. The van der Waals surface area contributed by atoms with Gasteiger partial charge in [-0.3, -0.25) is 8.97 Å². The highest BCUT2D eigenvalue weighted by Gasteiger charge is 2.21. The van der Waals surface area contributed by atoms with Gasteiger partial charge in [0.15, 0.2) is 0 Å². The van der Waals surface area contributed by atoms with Gasteiger partial charge in [0.25, 0.3) is 0 Å². The lowest BCUT2D eigenvalue weighted by Gasteiger charge is -2.06. The molecule has 5 aromatic carbocycles. The van der Waals surface area contributed by atoms with E-state index < -0.39 is 0 Å². The molecule has 6 heteroatoms. The maximum atomic E-state index is 9.88. The van der Waals surface area contributed by atoms with Crippen molar-refractivity contribution in [2.24, 2.45) is 0 Å². The van der Waals surface area contributed by atoms with Gasteiger partial charge in [-0.1, -0.05) is 54.6 Å². The molecule has 0 amide bonds. The Labute approximate surface area is 222 Å². The number of fused-ring (bicyclic) bond motifs is 9. The van der Waals surface area contributed by atoms with E-state index in [1.807, 2.05) is 54.6 Å². The highest BCUT2D eigenvalue weighted by Crippen LogP contribution is 2.39. The van der Waals surface area contributed by atoms with Crippen LogP contribution >= 0.6 is 0 Å². The molecule has 6 nitrogen and oxygen atoms in total. The number of nitriles is 2. The van der Waals surface area contributed by atoms with Crippen molar-refractivity contribution in [3.63, 3.8) is 0 Å². The zero-order valence-corrected chi connectivity index (χ0v) is 20.6. The molecule has 0 saturated heterocycles. The van der Waals surface area contributed by atoms with Crippen LogP contribution in [-0.4, -0.2) is 18.9 Å². The van der Waals surface area contributed by atoms with Crippen molar-refractivity contribution in [1.82, 2.24) is 18.9 Å². The molecule has 39 heavy (non-hydrogen) atoms. The number of para-hydroxylation sites is 4. The van der Waals surface area contributed by atoms with Crippen LogP contribution in [0.1, 0.15) is 11.1 Å². The summed E-state index contributed by atoms with van der Waals surface area (Å²) in [7, 11) is 0. The van der Waals surface area contributed by atoms with Crippen LogP contribution in [0, 0.1) is 22.7 Å². The first-order valence-electron chi connectivity index (χ1n) is 12.6. The van der Waals surface area contributed by atoms with Gasteiger partial charge in [-0.15, -0.1) is 0 Å².